The van der Waals surface area contributed by atoms with E-state index in [1.165, 1.54) is 0 Å². The van der Waals surface area contributed by atoms with E-state index in [2.05, 4.69) is 64.7 Å². The number of ketones is 1. The fraction of sp³-hybridized carbons (Fsp3) is 0.522. The van der Waals surface area contributed by atoms with Crippen molar-refractivity contribution in [1.29, 1.82) is 0 Å². The number of carbonyl (C=O) groups excluding carboxylic acids is 1. The molecule has 0 amide bonds. The molecular formula is C23H33BrN4O2Si. The van der Waals surface area contributed by atoms with Crippen molar-refractivity contribution in [2.24, 2.45) is 0 Å². The predicted octanol–water partition coefficient (Wildman–Crippen LogP) is 5.24. The van der Waals surface area contributed by atoms with E-state index in [0.717, 1.165) is 37.2 Å². The van der Waals surface area contributed by atoms with E-state index in [-0.39, 0.29) is 23.3 Å². The second-order valence-electron chi connectivity index (χ2n) is 9.76. The van der Waals surface area contributed by atoms with E-state index in [9.17, 15) is 4.79 Å². The van der Waals surface area contributed by atoms with Crippen LogP contribution in [0.1, 0.15) is 49.7 Å². The van der Waals surface area contributed by atoms with Crippen LogP contribution < -0.4 is 10.6 Å². The average Bonchev–Trinajstić information content (AvgIpc) is 2.69. The van der Waals surface area contributed by atoms with Crippen molar-refractivity contribution in [3.63, 3.8) is 0 Å². The summed E-state index contributed by atoms with van der Waals surface area (Å²) < 4.78 is 7.29. The Bertz CT molecular complexity index is 945. The molecule has 1 saturated heterocycles. The van der Waals surface area contributed by atoms with E-state index in [4.69, 9.17) is 10.2 Å². The van der Waals surface area contributed by atoms with Gasteiger partial charge in [-0.25, -0.2) is 4.98 Å². The van der Waals surface area contributed by atoms with Crippen molar-refractivity contribution in [2.45, 2.75) is 64.3 Å². The highest BCUT2D eigenvalue weighted by molar-refractivity contribution is 9.10. The second-order valence-corrected chi connectivity index (χ2v) is 15.3. The highest BCUT2D eigenvalue weighted by atomic mass is 79.9. The van der Waals surface area contributed by atoms with Gasteiger partial charge in [0.2, 0.25) is 0 Å². The van der Waals surface area contributed by atoms with Crippen LogP contribution in [0.15, 0.2) is 35.2 Å². The summed E-state index contributed by atoms with van der Waals surface area (Å²) in [6.45, 7) is 13.2. The van der Waals surface area contributed by atoms with Gasteiger partial charge in [-0.2, -0.15) is 0 Å². The molecular weight excluding hydrogens is 472 g/mol. The summed E-state index contributed by atoms with van der Waals surface area (Å²) in [6.07, 6.45) is 6.11. The summed E-state index contributed by atoms with van der Waals surface area (Å²) in [6, 6.07) is 5.43. The molecule has 31 heavy (non-hydrogen) atoms. The van der Waals surface area contributed by atoms with E-state index in [1.54, 1.807) is 24.5 Å². The molecule has 2 N–H and O–H groups in total. The number of rotatable bonds is 6. The number of nitrogens with two attached hydrogens (primary N) is 1. The lowest BCUT2D eigenvalue weighted by atomic mass is 10.0. The summed E-state index contributed by atoms with van der Waals surface area (Å²) in [5.74, 6) is -0.112. The van der Waals surface area contributed by atoms with Crippen molar-refractivity contribution >= 4 is 41.4 Å². The molecule has 0 unspecified atom stereocenters. The molecule has 0 aliphatic carbocycles. The van der Waals surface area contributed by atoms with Crippen LogP contribution >= 0.6 is 15.9 Å². The SMILES string of the molecule is CC(C)(C)[Si](C)(C)O[C@H]1CCCN(c2ccncc2CC(=O)c2nc(Br)ccc2N)C1. The first-order valence-electron chi connectivity index (χ1n) is 10.8. The molecule has 1 aliphatic heterocycles. The van der Waals surface area contributed by atoms with Crippen molar-refractivity contribution in [2.75, 3.05) is 23.7 Å². The molecule has 0 saturated carbocycles. The number of carbonyl (C=O) groups is 1. The third kappa shape index (κ3) is 5.73. The van der Waals surface area contributed by atoms with E-state index < -0.39 is 8.32 Å². The molecule has 0 spiro atoms. The Balaban J connectivity index is 1.78. The molecule has 0 bridgehead atoms. The molecule has 2 aromatic heterocycles. The minimum Gasteiger partial charge on any atom is -0.412 e. The lowest BCUT2D eigenvalue weighted by Gasteiger charge is -2.43. The number of aromatic nitrogens is 2. The molecule has 168 valence electrons. The van der Waals surface area contributed by atoms with Crippen LogP contribution in [0, 0.1) is 0 Å². The first-order chi connectivity index (χ1) is 14.5. The molecule has 8 heteroatoms. The average molecular weight is 506 g/mol. The van der Waals surface area contributed by atoms with Crippen LogP contribution in [0.3, 0.4) is 0 Å². The number of nitrogen functional groups attached to an aromatic ring is 1. The van der Waals surface area contributed by atoms with E-state index >= 15 is 0 Å². The minimum absolute atomic E-state index is 0.112. The first-order valence-corrected chi connectivity index (χ1v) is 14.5. The van der Waals surface area contributed by atoms with Gasteiger partial charge in [-0.1, -0.05) is 20.8 Å². The molecule has 0 radical (unpaired) electrons. The van der Waals surface area contributed by atoms with Gasteiger partial charge in [0.15, 0.2) is 14.1 Å². The number of halogens is 1. The zero-order valence-corrected chi connectivity index (χ0v) is 21.7. The van der Waals surface area contributed by atoms with Gasteiger partial charge < -0.3 is 15.1 Å². The molecule has 1 aliphatic rings. The van der Waals surface area contributed by atoms with Gasteiger partial charge in [0.1, 0.15) is 10.3 Å². The number of hydrogen-bond donors (Lipinski definition) is 1. The molecule has 1 fully saturated rings. The topological polar surface area (TPSA) is 81.3 Å². The highest BCUT2D eigenvalue weighted by Gasteiger charge is 2.40. The quantitative estimate of drug-likeness (QED) is 0.329. The second kappa shape index (κ2) is 9.38. The Morgan fingerprint density at radius 2 is 2.06 bits per heavy atom. The summed E-state index contributed by atoms with van der Waals surface area (Å²) in [5.41, 5.74) is 8.61. The Labute approximate surface area is 194 Å². The number of nitrogens with zero attached hydrogens (tertiary/aromatic N) is 3. The number of pyridine rings is 2. The minimum atomic E-state index is -1.84. The van der Waals surface area contributed by atoms with Crippen LogP contribution in [0.4, 0.5) is 11.4 Å². The predicted molar refractivity (Wildman–Crippen MR) is 132 cm³/mol. The van der Waals surface area contributed by atoms with Gasteiger partial charge in [-0.05, 0) is 65.1 Å². The van der Waals surface area contributed by atoms with Crippen molar-refractivity contribution in [3.8, 4) is 0 Å². The van der Waals surface area contributed by atoms with Gasteiger partial charge >= 0.3 is 0 Å². The Morgan fingerprint density at radius 1 is 1.32 bits per heavy atom. The Morgan fingerprint density at radius 3 is 2.77 bits per heavy atom. The lowest BCUT2D eigenvalue weighted by Crippen LogP contribution is -2.49. The summed E-state index contributed by atoms with van der Waals surface area (Å²) in [7, 11) is -1.84. The molecule has 1 atom stereocenters. The summed E-state index contributed by atoms with van der Waals surface area (Å²) in [4.78, 5) is 23.8. The fourth-order valence-corrected chi connectivity index (χ4v) is 5.33. The van der Waals surface area contributed by atoms with E-state index in [1.807, 2.05) is 6.07 Å². The zero-order valence-electron chi connectivity index (χ0n) is 19.1. The summed E-state index contributed by atoms with van der Waals surface area (Å²) in [5, 5.41) is 0.181. The lowest BCUT2D eigenvalue weighted by molar-refractivity contribution is 0.0989. The highest BCUT2D eigenvalue weighted by Crippen LogP contribution is 2.38. The monoisotopic (exact) mass is 504 g/mol. The maximum atomic E-state index is 13.0. The number of anilines is 2. The number of piperidine rings is 1. The standard InChI is InChI=1S/C23H33BrN4O2Si/c1-23(2,3)31(4,5)30-17-7-6-12-28(15-17)19-10-11-26-14-16(19)13-20(29)22-18(25)8-9-21(24)27-22/h8-11,14,17H,6-7,12-13,15,25H2,1-5H3/t17-/m0/s1. The van der Waals surface area contributed by atoms with Crippen LogP contribution in [-0.4, -0.2) is 43.3 Å². The van der Waals surface area contributed by atoms with Gasteiger partial charge in [0, 0.05) is 43.2 Å². The summed E-state index contributed by atoms with van der Waals surface area (Å²) >= 11 is 3.32. The Hall–Kier alpha value is -1.77. The van der Waals surface area contributed by atoms with E-state index in [0.29, 0.717) is 16.0 Å². The van der Waals surface area contributed by atoms with Crippen molar-refractivity contribution in [1.82, 2.24) is 9.97 Å². The Kier molecular flexibility index (Phi) is 7.23. The molecule has 6 nitrogen and oxygen atoms in total. The van der Waals surface area contributed by atoms with Crippen LogP contribution in [-0.2, 0) is 10.8 Å². The zero-order chi connectivity index (χ0) is 22.8. The van der Waals surface area contributed by atoms with Crippen LogP contribution in [0.2, 0.25) is 18.1 Å². The smallest absolute Gasteiger partial charge is 0.192 e. The van der Waals surface area contributed by atoms with Crippen LogP contribution in [0.25, 0.3) is 0 Å². The third-order valence-corrected chi connectivity index (χ3v) is 11.3. The maximum absolute atomic E-state index is 13.0. The van der Waals surface area contributed by atoms with Crippen molar-refractivity contribution in [3.05, 3.63) is 46.5 Å². The van der Waals surface area contributed by atoms with Crippen LogP contribution in [0.5, 0.6) is 0 Å². The number of hydrogen-bond acceptors (Lipinski definition) is 6. The molecule has 3 heterocycles. The maximum Gasteiger partial charge on any atom is 0.192 e. The fourth-order valence-electron chi connectivity index (χ4n) is 3.64. The largest absolute Gasteiger partial charge is 0.412 e. The molecule has 0 aromatic carbocycles. The first kappa shape index (κ1) is 23.9. The van der Waals surface area contributed by atoms with Gasteiger partial charge in [-0.15, -0.1) is 0 Å². The van der Waals surface area contributed by atoms with Gasteiger partial charge in [0.25, 0.3) is 0 Å². The third-order valence-electron chi connectivity index (χ3n) is 6.37. The van der Waals surface area contributed by atoms with Gasteiger partial charge in [0.05, 0.1) is 11.8 Å². The van der Waals surface area contributed by atoms with Gasteiger partial charge in [-0.3, -0.25) is 9.78 Å². The molecule has 3 rings (SSSR count). The molecule has 2 aromatic rings. The van der Waals surface area contributed by atoms with Crippen molar-refractivity contribution < 1.29 is 9.22 Å². The number of Topliss-reactive ketones (excluding diaryl/α,β-unsaturated/α-hetero) is 1. The normalized spacial score (nSPS) is 17.6.